The molecule has 0 saturated heterocycles. The molecule has 0 saturated carbocycles. The number of hydrogen-bond donors (Lipinski definition) is 2. The number of rotatable bonds is 4. The third kappa shape index (κ3) is 3.71. The standard InChI is InChI=1S/C10H14N2O2S/c1-6-3-4-8(14-6)7(2)12-10(13)5-9(11)15/h3-4,7H,5H2,1-2H3,(H2,11,15)(H,12,13). The van der Waals surface area contributed by atoms with Crippen LogP contribution < -0.4 is 11.1 Å². The Bertz CT molecular complexity index is 373. The summed E-state index contributed by atoms with van der Waals surface area (Å²) in [5.41, 5.74) is 5.26. The van der Waals surface area contributed by atoms with Crippen molar-refractivity contribution >= 4 is 23.1 Å². The molecule has 0 aliphatic carbocycles. The summed E-state index contributed by atoms with van der Waals surface area (Å²) in [7, 11) is 0. The summed E-state index contributed by atoms with van der Waals surface area (Å²) in [6, 6.07) is 3.52. The maximum Gasteiger partial charge on any atom is 0.227 e. The number of nitrogens with one attached hydrogen (secondary N) is 1. The van der Waals surface area contributed by atoms with Crippen LogP contribution in [0.2, 0.25) is 0 Å². The Morgan fingerprint density at radius 1 is 1.67 bits per heavy atom. The van der Waals surface area contributed by atoms with Crippen LogP contribution in [0, 0.1) is 6.92 Å². The molecule has 1 amide bonds. The van der Waals surface area contributed by atoms with Gasteiger partial charge in [-0.1, -0.05) is 12.2 Å². The Morgan fingerprint density at radius 2 is 2.33 bits per heavy atom. The molecule has 0 bridgehead atoms. The number of aryl methyl sites for hydroxylation is 1. The minimum Gasteiger partial charge on any atom is -0.464 e. The van der Waals surface area contributed by atoms with Crippen molar-refractivity contribution in [2.45, 2.75) is 26.3 Å². The highest BCUT2D eigenvalue weighted by Gasteiger charge is 2.12. The molecule has 5 heteroatoms. The Balaban J connectivity index is 2.52. The maximum absolute atomic E-state index is 11.3. The first-order valence-electron chi connectivity index (χ1n) is 4.63. The average molecular weight is 226 g/mol. The molecule has 1 heterocycles. The second-order valence-electron chi connectivity index (χ2n) is 3.38. The van der Waals surface area contributed by atoms with Crippen LogP contribution in [0.3, 0.4) is 0 Å². The number of amides is 1. The first-order chi connectivity index (χ1) is 6.99. The number of carbonyl (C=O) groups is 1. The van der Waals surface area contributed by atoms with E-state index < -0.39 is 0 Å². The lowest BCUT2D eigenvalue weighted by atomic mass is 10.2. The van der Waals surface area contributed by atoms with Gasteiger partial charge in [-0.15, -0.1) is 0 Å². The van der Waals surface area contributed by atoms with E-state index >= 15 is 0 Å². The third-order valence-electron chi connectivity index (χ3n) is 1.90. The molecule has 1 aromatic heterocycles. The van der Waals surface area contributed by atoms with Gasteiger partial charge in [-0.3, -0.25) is 4.79 Å². The molecule has 1 atom stereocenters. The van der Waals surface area contributed by atoms with Crippen molar-refractivity contribution in [3.8, 4) is 0 Å². The molecular formula is C10H14N2O2S. The van der Waals surface area contributed by atoms with Crippen molar-refractivity contribution in [2.24, 2.45) is 5.73 Å². The monoisotopic (exact) mass is 226 g/mol. The molecule has 0 spiro atoms. The predicted molar refractivity (Wildman–Crippen MR) is 61.4 cm³/mol. The van der Waals surface area contributed by atoms with Crippen LogP contribution in [0.15, 0.2) is 16.5 Å². The van der Waals surface area contributed by atoms with E-state index in [0.717, 1.165) is 11.5 Å². The van der Waals surface area contributed by atoms with Gasteiger partial charge in [-0.05, 0) is 26.0 Å². The van der Waals surface area contributed by atoms with Gasteiger partial charge in [0, 0.05) is 0 Å². The molecule has 3 N–H and O–H groups in total. The van der Waals surface area contributed by atoms with Crippen molar-refractivity contribution in [3.05, 3.63) is 23.7 Å². The predicted octanol–water partition coefficient (Wildman–Crippen LogP) is 1.44. The summed E-state index contributed by atoms with van der Waals surface area (Å²) in [6.45, 7) is 3.70. The molecule has 0 radical (unpaired) electrons. The summed E-state index contributed by atoms with van der Waals surface area (Å²) in [6.07, 6.45) is 0.0688. The van der Waals surface area contributed by atoms with Crippen molar-refractivity contribution in [1.29, 1.82) is 0 Å². The van der Waals surface area contributed by atoms with Crippen LogP contribution in [0.5, 0.6) is 0 Å². The number of thiocarbonyl (C=S) groups is 1. The van der Waals surface area contributed by atoms with E-state index in [1.807, 2.05) is 26.0 Å². The van der Waals surface area contributed by atoms with Crippen LogP contribution in [0.4, 0.5) is 0 Å². The molecule has 15 heavy (non-hydrogen) atoms. The van der Waals surface area contributed by atoms with E-state index in [4.69, 9.17) is 10.2 Å². The number of carbonyl (C=O) groups excluding carboxylic acids is 1. The lowest BCUT2D eigenvalue weighted by Gasteiger charge is -2.10. The summed E-state index contributed by atoms with van der Waals surface area (Å²) < 4.78 is 5.37. The lowest BCUT2D eigenvalue weighted by Crippen LogP contribution is -2.29. The van der Waals surface area contributed by atoms with Gasteiger partial charge in [0.25, 0.3) is 0 Å². The number of furan rings is 1. The van der Waals surface area contributed by atoms with Crippen molar-refractivity contribution in [2.75, 3.05) is 0 Å². The van der Waals surface area contributed by atoms with E-state index in [2.05, 4.69) is 17.5 Å². The van der Waals surface area contributed by atoms with E-state index in [1.165, 1.54) is 0 Å². The first-order valence-corrected chi connectivity index (χ1v) is 5.04. The van der Waals surface area contributed by atoms with Gasteiger partial charge in [0.05, 0.1) is 17.5 Å². The van der Waals surface area contributed by atoms with E-state index in [1.54, 1.807) is 0 Å². The van der Waals surface area contributed by atoms with Crippen LogP contribution in [-0.2, 0) is 4.79 Å². The Kier molecular flexibility index (Phi) is 3.85. The van der Waals surface area contributed by atoms with Gasteiger partial charge in [0.15, 0.2) is 0 Å². The zero-order valence-electron chi connectivity index (χ0n) is 8.74. The second kappa shape index (κ2) is 4.93. The van der Waals surface area contributed by atoms with Crippen LogP contribution in [0.1, 0.15) is 30.9 Å². The summed E-state index contributed by atoms with van der Waals surface area (Å²) in [4.78, 5) is 11.5. The number of hydrogen-bond acceptors (Lipinski definition) is 3. The van der Waals surface area contributed by atoms with Gasteiger partial charge >= 0.3 is 0 Å². The minimum absolute atomic E-state index is 0.0688. The van der Waals surface area contributed by atoms with Crippen molar-refractivity contribution < 1.29 is 9.21 Å². The van der Waals surface area contributed by atoms with E-state index in [9.17, 15) is 4.79 Å². The summed E-state index contributed by atoms with van der Waals surface area (Å²) >= 11 is 4.64. The minimum atomic E-state index is -0.191. The van der Waals surface area contributed by atoms with Crippen molar-refractivity contribution in [3.63, 3.8) is 0 Å². The van der Waals surface area contributed by atoms with Crippen LogP contribution >= 0.6 is 12.2 Å². The van der Waals surface area contributed by atoms with Gasteiger partial charge in [0.1, 0.15) is 11.5 Å². The zero-order chi connectivity index (χ0) is 11.4. The normalized spacial score (nSPS) is 12.1. The highest BCUT2D eigenvalue weighted by molar-refractivity contribution is 7.80. The molecule has 1 rings (SSSR count). The Hall–Kier alpha value is -1.36. The second-order valence-corrected chi connectivity index (χ2v) is 3.91. The smallest absolute Gasteiger partial charge is 0.227 e. The van der Waals surface area contributed by atoms with Crippen LogP contribution in [0.25, 0.3) is 0 Å². The average Bonchev–Trinajstić information content (AvgIpc) is 2.49. The molecule has 1 unspecified atom stereocenters. The molecule has 1 aromatic rings. The van der Waals surface area contributed by atoms with Gasteiger partial charge in [0.2, 0.25) is 5.91 Å². The van der Waals surface area contributed by atoms with E-state index in [-0.39, 0.29) is 23.4 Å². The lowest BCUT2D eigenvalue weighted by molar-refractivity contribution is -0.120. The molecule has 0 aliphatic heterocycles. The van der Waals surface area contributed by atoms with Crippen molar-refractivity contribution in [1.82, 2.24) is 5.32 Å². The number of nitrogens with two attached hydrogens (primary N) is 1. The SMILES string of the molecule is Cc1ccc(C(C)NC(=O)CC(N)=S)o1. The maximum atomic E-state index is 11.3. The molecule has 0 fully saturated rings. The topological polar surface area (TPSA) is 68.3 Å². The molecule has 4 nitrogen and oxygen atoms in total. The highest BCUT2D eigenvalue weighted by Crippen LogP contribution is 2.15. The van der Waals surface area contributed by atoms with E-state index in [0.29, 0.717) is 0 Å². The van der Waals surface area contributed by atoms with Gasteiger partial charge in [-0.25, -0.2) is 0 Å². The zero-order valence-corrected chi connectivity index (χ0v) is 9.56. The fourth-order valence-corrected chi connectivity index (χ4v) is 1.34. The Labute approximate surface area is 93.8 Å². The fraction of sp³-hybridized carbons (Fsp3) is 0.400. The molecule has 0 aromatic carbocycles. The molecule has 0 aliphatic rings. The van der Waals surface area contributed by atoms with Gasteiger partial charge in [-0.2, -0.15) is 0 Å². The third-order valence-corrected chi connectivity index (χ3v) is 2.04. The molecule has 82 valence electrons. The summed E-state index contributed by atoms with van der Waals surface area (Å²) in [5.74, 6) is 1.35. The van der Waals surface area contributed by atoms with Gasteiger partial charge < -0.3 is 15.5 Å². The summed E-state index contributed by atoms with van der Waals surface area (Å²) in [5, 5.41) is 2.74. The first kappa shape index (κ1) is 11.7. The van der Waals surface area contributed by atoms with Crippen LogP contribution in [-0.4, -0.2) is 10.9 Å². The Morgan fingerprint density at radius 3 is 2.80 bits per heavy atom. The fourth-order valence-electron chi connectivity index (χ4n) is 1.21. The highest BCUT2D eigenvalue weighted by atomic mass is 32.1. The molecular weight excluding hydrogens is 212 g/mol. The largest absolute Gasteiger partial charge is 0.464 e. The quantitative estimate of drug-likeness (QED) is 0.762.